The molecule has 5 atom stereocenters. The number of piperidine rings is 3. The summed E-state index contributed by atoms with van der Waals surface area (Å²) in [6, 6.07) is 8.48. The fraction of sp³-hybridized carbons (Fsp3) is 0.450. The van der Waals surface area contributed by atoms with E-state index in [-0.39, 0.29) is 6.04 Å². The smallest absolute Gasteiger partial charge is 0.119 e. The Labute approximate surface area is 143 Å². The molecule has 3 saturated heterocycles. The lowest BCUT2D eigenvalue weighted by atomic mass is 9.73. The van der Waals surface area contributed by atoms with Crippen LogP contribution < -0.4 is 10.5 Å². The molecule has 1 aromatic heterocycles. The van der Waals surface area contributed by atoms with Crippen molar-refractivity contribution in [3.63, 3.8) is 0 Å². The van der Waals surface area contributed by atoms with Gasteiger partial charge in [-0.1, -0.05) is 6.08 Å². The number of hydrogen-bond acceptors (Lipinski definition) is 4. The summed E-state index contributed by atoms with van der Waals surface area (Å²) < 4.78 is 5.39. The van der Waals surface area contributed by atoms with E-state index in [1.165, 1.54) is 12.0 Å². The molecule has 1 aromatic carbocycles. The highest BCUT2D eigenvalue weighted by Gasteiger charge is 2.41. The Hall–Kier alpha value is -1.91. The van der Waals surface area contributed by atoms with E-state index in [1.807, 2.05) is 18.3 Å². The summed E-state index contributed by atoms with van der Waals surface area (Å²) in [5.74, 6) is 2.20. The zero-order valence-electron chi connectivity index (χ0n) is 14.2. The van der Waals surface area contributed by atoms with Gasteiger partial charge in [-0.15, -0.1) is 6.58 Å². The van der Waals surface area contributed by atoms with Crippen LogP contribution in [-0.2, 0) is 0 Å². The second kappa shape index (κ2) is 6.19. The number of fused-ring (bicyclic) bond motifs is 4. The molecule has 2 bridgehead atoms. The number of pyridine rings is 1. The molecule has 5 rings (SSSR count). The second-order valence-corrected chi connectivity index (χ2v) is 7.06. The molecule has 0 amide bonds. The lowest BCUT2D eigenvalue weighted by molar-refractivity contribution is 0.00749. The molecule has 2 aromatic rings. The number of aromatic nitrogens is 1. The van der Waals surface area contributed by atoms with Gasteiger partial charge >= 0.3 is 0 Å². The topological polar surface area (TPSA) is 51.4 Å². The number of hydrogen-bond donors (Lipinski definition) is 1. The average Bonchev–Trinajstić information content (AvgIpc) is 2.66. The molecule has 2 unspecified atom stereocenters. The second-order valence-electron chi connectivity index (χ2n) is 7.06. The Morgan fingerprint density at radius 2 is 2.29 bits per heavy atom. The normalized spacial score (nSPS) is 30.2. The Morgan fingerprint density at radius 1 is 1.42 bits per heavy atom. The van der Waals surface area contributed by atoms with Crippen LogP contribution in [0.4, 0.5) is 0 Å². The summed E-state index contributed by atoms with van der Waals surface area (Å²) in [7, 11) is 1.69. The van der Waals surface area contributed by atoms with Gasteiger partial charge in [-0.2, -0.15) is 0 Å². The molecule has 4 nitrogen and oxygen atoms in total. The number of methoxy groups -OCH3 is 1. The standard InChI is InChI=1S/C20H25N3O/c1-3-13-12-23-9-7-14(13)10-19(23)20(21)16-6-8-22-18-5-4-15(24-2)11-17(16)18/h3-6,8,11,13-14,19-20H,1,7,9-10,12,21H2,2H3/t13-,14?,19?,20+/m0/s1. The number of nitrogens with two attached hydrogens (primary N) is 1. The molecule has 0 spiro atoms. The van der Waals surface area contributed by atoms with Crippen molar-refractivity contribution >= 4 is 10.9 Å². The molecule has 3 fully saturated rings. The molecule has 3 aliphatic rings. The van der Waals surface area contributed by atoms with Crippen molar-refractivity contribution in [1.82, 2.24) is 9.88 Å². The first-order chi connectivity index (χ1) is 11.7. The zero-order chi connectivity index (χ0) is 16.7. The van der Waals surface area contributed by atoms with Crippen molar-refractivity contribution in [2.45, 2.75) is 24.9 Å². The first-order valence-corrected chi connectivity index (χ1v) is 8.76. The SMILES string of the molecule is C=C[C@H]1C[N@@]2CCC1CC2[C@H](N)c1ccnc2ccc(OC)cc12. The summed E-state index contributed by atoms with van der Waals surface area (Å²) in [4.78, 5) is 7.04. The van der Waals surface area contributed by atoms with Crippen LogP contribution in [-0.4, -0.2) is 36.1 Å². The molecule has 3 aliphatic heterocycles. The number of nitrogens with zero attached hydrogens (tertiary/aromatic N) is 2. The van der Waals surface area contributed by atoms with Crippen LogP contribution >= 0.6 is 0 Å². The third kappa shape index (κ3) is 2.50. The van der Waals surface area contributed by atoms with Crippen molar-refractivity contribution in [2.24, 2.45) is 17.6 Å². The summed E-state index contributed by atoms with van der Waals surface area (Å²) in [5.41, 5.74) is 8.91. The predicted molar refractivity (Wildman–Crippen MR) is 97.0 cm³/mol. The quantitative estimate of drug-likeness (QED) is 0.878. The van der Waals surface area contributed by atoms with E-state index < -0.39 is 0 Å². The Bertz CT molecular complexity index is 760. The maximum absolute atomic E-state index is 6.76. The molecule has 0 aliphatic carbocycles. The molecule has 4 heteroatoms. The zero-order valence-corrected chi connectivity index (χ0v) is 14.2. The van der Waals surface area contributed by atoms with E-state index in [0.717, 1.165) is 42.1 Å². The first-order valence-electron chi connectivity index (χ1n) is 8.76. The molecular formula is C20H25N3O. The maximum atomic E-state index is 6.76. The summed E-state index contributed by atoms with van der Waals surface area (Å²) in [6.45, 7) is 6.26. The highest BCUT2D eigenvalue weighted by atomic mass is 16.5. The Morgan fingerprint density at radius 3 is 3.00 bits per heavy atom. The number of ether oxygens (including phenoxy) is 1. The van der Waals surface area contributed by atoms with E-state index in [4.69, 9.17) is 10.5 Å². The fourth-order valence-electron chi connectivity index (χ4n) is 4.52. The highest BCUT2D eigenvalue weighted by Crippen LogP contribution is 2.41. The highest BCUT2D eigenvalue weighted by molar-refractivity contribution is 5.84. The third-order valence-electron chi connectivity index (χ3n) is 5.91. The van der Waals surface area contributed by atoms with E-state index in [9.17, 15) is 0 Å². The summed E-state index contributed by atoms with van der Waals surface area (Å²) in [6.07, 6.45) is 6.43. The van der Waals surface area contributed by atoms with Crippen molar-refractivity contribution in [3.8, 4) is 5.75 Å². The largest absolute Gasteiger partial charge is 0.497 e. The fourth-order valence-corrected chi connectivity index (χ4v) is 4.52. The van der Waals surface area contributed by atoms with Crippen molar-refractivity contribution in [3.05, 3.63) is 48.7 Å². The molecule has 2 N–H and O–H groups in total. The van der Waals surface area contributed by atoms with Crippen molar-refractivity contribution < 1.29 is 4.74 Å². The van der Waals surface area contributed by atoms with Crippen LogP contribution in [0.2, 0.25) is 0 Å². The van der Waals surface area contributed by atoms with Crippen LogP contribution in [0.15, 0.2) is 43.1 Å². The lowest BCUT2D eigenvalue weighted by Gasteiger charge is -2.51. The van der Waals surface area contributed by atoms with Gasteiger partial charge in [-0.25, -0.2) is 0 Å². The predicted octanol–water partition coefficient (Wildman–Crippen LogP) is 3.14. The molecule has 0 saturated carbocycles. The van der Waals surface area contributed by atoms with Gasteiger partial charge in [0.1, 0.15) is 5.75 Å². The van der Waals surface area contributed by atoms with Crippen LogP contribution in [0.25, 0.3) is 10.9 Å². The van der Waals surface area contributed by atoms with Crippen LogP contribution in [0.3, 0.4) is 0 Å². The van der Waals surface area contributed by atoms with E-state index in [2.05, 4.69) is 34.7 Å². The van der Waals surface area contributed by atoms with Crippen molar-refractivity contribution in [1.29, 1.82) is 0 Å². The summed E-state index contributed by atoms with van der Waals surface area (Å²) >= 11 is 0. The monoisotopic (exact) mass is 323 g/mol. The van der Waals surface area contributed by atoms with E-state index in [1.54, 1.807) is 7.11 Å². The third-order valence-corrected chi connectivity index (χ3v) is 5.91. The Balaban J connectivity index is 1.69. The van der Waals surface area contributed by atoms with Gasteiger partial charge in [-0.05, 0) is 61.1 Å². The van der Waals surface area contributed by atoms with Gasteiger partial charge in [0, 0.05) is 30.2 Å². The first kappa shape index (κ1) is 15.6. The van der Waals surface area contributed by atoms with E-state index in [0.29, 0.717) is 12.0 Å². The maximum Gasteiger partial charge on any atom is 0.119 e. The molecular weight excluding hydrogens is 298 g/mol. The van der Waals surface area contributed by atoms with Gasteiger partial charge in [-0.3, -0.25) is 9.88 Å². The van der Waals surface area contributed by atoms with Crippen molar-refractivity contribution in [2.75, 3.05) is 20.2 Å². The van der Waals surface area contributed by atoms with E-state index >= 15 is 0 Å². The molecule has 24 heavy (non-hydrogen) atoms. The number of rotatable bonds is 4. The van der Waals surface area contributed by atoms with Crippen LogP contribution in [0.5, 0.6) is 5.75 Å². The molecule has 126 valence electrons. The number of benzene rings is 1. The van der Waals surface area contributed by atoms with Gasteiger partial charge < -0.3 is 10.5 Å². The average molecular weight is 323 g/mol. The van der Waals surface area contributed by atoms with Gasteiger partial charge in [0.2, 0.25) is 0 Å². The van der Waals surface area contributed by atoms with Gasteiger partial charge in [0.05, 0.1) is 12.6 Å². The van der Waals surface area contributed by atoms with Gasteiger partial charge in [0.25, 0.3) is 0 Å². The van der Waals surface area contributed by atoms with Gasteiger partial charge in [0.15, 0.2) is 0 Å². The minimum atomic E-state index is -0.00354. The lowest BCUT2D eigenvalue weighted by Crippen LogP contribution is -2.56. The minimum Gasteiger partial charge on any atom is -0.497 e. The van der Waals surface area contributed by atoms with Crippen LogP contribution in [0.1, 0.15) is 24.4 Å². The minimum absolute atomic E-state index is 0.00354. The van der Waals surface area contributed by atoms with Crippen LogP contribution in [0, 0.1) is 11.8 Å². The Kier molecular flexibility index (Phi) is 4.02. The summed E-state index contributed by atoms with van der Waals surface area (Å²) in [5, 5.41) is 1.10. The molecule has 0 radical (unpaired) electrons. The molecule has 4 heterocycles.